The molecular formula is C7H13N3O. The molecule has 1 aromatic heterocycles. The fourth-order valence-electron chi connectivity index (χ4n) is 1.05. The second kappa shape index (κ2) is 3.02. The van der Waals surface area contributed by atoms with E-state index in [1.54, 1.807) is 11.7 Å². The van der Waals surface area contributed by atoms with Gasteiger partial charge in [-0.15, -0.1) is 0 Å². The van der Waals surface area contributed by atoms with Gasteiger partial charge in [0.15, 0.2) is 0 Å². The Balaban J connectivity index is 2.77. The maximum atomic E-state index is 8.93. The fourth-order valence-corrected chi connectivity index (χ4v) is 1.05. The summed E-state index contributed by atoms with van der Waals surface area (Å²) in [7, 11) is 3.48. The summed E-state index contributed by atoms with van der Waals surface area (Å²) in [5, 5.41) is 14.2. The normalized spacial score (nSPS) is 11.0. The Morgan fingerprint density at radius 2 is 2.36 bits per heavy atom. The topological polar surface area (TPSA) is 41.3 Å². The molecule has 0 aliphatic rings. The molecule has 0 radical (unpaired) electrons. The fraction of sp³-hybridized carbons (Fsp3) is 0.571. The van der Waals surface area contributed by atoms with Crippen LogP contribution in [0.1, 0.15) is 11.4 Å². The summed E-state index contributed by atoms with van der Waals surface area (Å²) in [5.41, 5.74) is 1.98. The molecule has 0 saturated carbocycles. The zero-order valence-corrected chi connectivity index (χ0v) is 7.07. The number of rotatable bonds is 2. The van der Waals surface area contributed by atoms with Crippen molar-refractivity contribution in [2.75, 3.05) is 7.05 Å². The first-order valence-electron chi connectivity index (χ1n) is 3.49. The predicted octanol–water partition coefficient (Wildman–Crippen LogP) is 0.550. The van der Waals surface area contributed by atoms with Crippen molar-refractivity contribution < 1.29 is 5.21 Å². The van der Waals surface area contributed by atoms with Crippen LogP contribution in [-0.4, -0.2) is 27.1 Å². The van der Waals surface area contributed by atoms with Gasteiger partial charge >= 0.3 is 0 Å². The van der Waals surface area contributed by atoms with E-state index in [-0.39, 0.29) is 0 Å². The second-order valence-electron chi connectivity index (χ2n) is 2.72. The molecule has 0 amide bonds. The van der Waals surface area contributed by atoms with Crippen LogP contribution in [0.25, 0.3) is 0 Å². The van der Waals surface area contributed by atoms with E-state index >= 15 is 0 Å². The van der Waals surface area contributed by atoms with Gasteiger partial charge in [0.1, 0.15) is 0 Å². The third-order valence-electron chi connectivity index (χ3n) is 1.49. The van der Waals surface area contributed by atoms with Crippen LogP contribution in [0.15, 0.2) is 6.07 Å². The Morgan fingerprint density at radius 3 is 2.73 bits per heavy atom. The molecular weight excluding hydrogens is 142 g/mol. The summed E-state index contributed by atoms with van der Waals surface area (Å²) < 4.78 is 1.77. The molecule has 0 spiro atoms. The van der Waals surface area contributed by atoms with Crippen LogP contribution in [0.3, 0.4) is 0 Å². The highest BCUT2D eigenvalue weighted by Gasteiger charge is 2.02. The molecule has 0 atom stereocenters. The lowest BCUT2D eigenvalue weighted by molar-refractivity contribution is -0.0748. The molecule has 0 unspecified atom stereocenters. The molecule has 0 aromatic carbocycles. The smallest absolute Gasteiger partial charge is 0.0655 e. The monoisotopic (exact) mass is 155 g/mol. The van der Waals surface area contributed by atoms with E-state index in [0.717, 1.165) is 16.5 Å². The lowest BCUT2D eigenvalue weighted by atomic mass is 10.4. The van der Waals surface area contributed by atoms with Crippen molar-refractivity contribution in [3.8, 4) is 0 Å². The number of hydrogen-bond acceptors (Lipinski definition) is 3. The third kappa shape index (κ3) is 2.03. The number of aryl methyl sites for hydroxylation is 2. The van der Waals surface area contributed by atoms with Crippen LogP contribution in [-0.2, 0) is 13.6 Å². The first kappa shape index (κ1) is 8.23. The summed E-state index contributed by atoms with van der Waals surface area (Å²) >= 11 is 0. The van der Waals surface area contributed by atoms with Crippen LogP contribution >= 0.6 is 0 Å². The first-order valence-corrected chi connectivity index (χ1v) is 3.49. The van der Waals surface area contributed by atoms with Gasteiger partial charge in [-0.25, -0.2) is 0 Å². The van der Waals surface area contributed by atoms with E-state index < -0.39 is 0 Å². The molecule has 1 aromatic rings. The minimum absolute atomic E-state index is 0.511. The Labute approximate surface area is 66.0 Å². The minimum Gasteiger partial charge on any atom is -0.314 e. The lowest BCUT2D eigenvalue weighted by Gasteiger charge is -2.06. The lowest BCUT2D eigenvalue weighted by Crippen LogP contribution is -2.14. The van der Waals surface area contributed by atoms with Gasteiger partial charge in [0.2, 0.25) is 0 Å². The third-order valence-corrected chi connectivity index (χ3v) is 1.49. The van der Waals surface area contributed by atoms with Crippen LogP contribution in [0, 0.1) is 6.92 Å². The van der Waals surface area contributed by atoms with E-state index in [4.69, 9.17) is 5.21 Å². The average molecular weight is 155 g/mol. The van der Waals surface area contributed by atoms with E-state index in [9.17, 15) is 0 Å². The summed E-state index contributed by atoms with van der Waals surface area (Å²) in [4.78, 5) is 0. The highest BCUT2D eigenvalue weighted by molar-refractivity contribution is 5.07. The van der Waals surface area contributed by atoms with E-state index in [1.165, 1.54) is 0 Å². The summed E-state index contributed by atoms with van der Waals surface area (Å²) in [6.45, 7) is 2.44. The van der Waals surface area contributed by atoms with Crippen LogP contribution in [0.2, 0.25) is 0 Å². The van der Waals surface area contributed by atoms with E-state index in [1.807, 2.05) is 20.0 Å². The van der Waals surface area contributed by atoms with Crippen LogP contribution in [0.5, 0.6) is 0 Å². The van der Waals surface area contributed by atoms with Crippen molar-refractivity contribution in [3.05, 3.63) is 17.5 Å². The van der Waals surface area contributed by atoms with E-state index in [2.05, 4.69) is 5.10 Å². The van der Waals surface area contributed by atoms with Crippen LogP contribution in [0.4, 0.5) is 0 Å². The molecule has 4 nitrogen and oxygen atoms in total. The van der Waals surface area contributed by atoms with Gasteiger partial charge < -0.3 is 5.21 Å². The maximum Gasteiger partial charge on any atom is 0.0655 e. The Morgan fingerprint density at radius 1 is 1.73 bits per heavy atom. The molecule has 11 heavy (non-hydrogen) atoms. The Bertz CT molecular complexity index is 242. The molecule has 0 fully saturated rings. The van der Waals surface area contributed by atoms with Gasteiger partial charge in [0.25, 0.3) is 0 Å². The molecule has 0 bridgehead atoms. The van der Waals surface area contributed by atoms with Gasteiger partial charge in [-0.3, -0.25) is 4.68 Å². The molecule has 62 valence electrons. The molecule has 1 N–H and O–H groups in total. The molecule has 4 heteroatoms. The second-order valence-corrected chi connectivity index (χ2v) is 2.72. The summed E-state index contributed by atoms with van der Waals surface area (Å²) in [6.07, 6.45) is 0. The molecule has 0 saturated heterocycles. The predicted molar refractivity (Wildman–Crippen MR) is 41.2 cm³/mol. The largest absolute Gasteiger partial charge is 0.314 e. The Hall–Kier alpha value is -0.870. The maximum absolute atomic E-state index is 8.93. The average Bonchev–Trinajstić information content (AvgIpc) is 2.09. The van der Waals surface area contributed by atoms with Crippen molar-refractivity contribution in [1.29, 1.82) is 0 Å². The number of aromatic nitrogens is 2. The van der Waals surface area contributed by atoms with Gasteiger partial charge in [-0.2, -0.15) is 10.2 Å². The quantitative estimate of drug-likeness (QED) is 0.634. The van der Waals surface area contributed by atoms with Gasteiger partial charge in [-0.1, -0.05) is 0 Å². The number of nitrogens with zero attached hydrogens (tertiary/aromatic N) is 3. The molecule has 1 rings (SSSR count). The first-order chi connectivity index (χ1) is 5.09. The van der Waals surface area contributed by atoms with Crippen molar-refractivity contribution >= 4 is 0 Å². The molecule has 0 aliphatic heterocycles. The zero-order valence-electron chi connectivity index (χ0n) is 7.07. The highest BCUT2D eigenvalue weighted by atomic mass is 16.5. The SMILES string of the molecule is Cc1cc(CN(C)O)n(C)n1. The van der Waals surface area contributed by atoms with Crippen molar-refractivity contribution in [1.82, 2.24) is 14.8 Å². The zero-order chi connectivity index (χ0) is 8.43. The van der Waals surface area contributed by atoms with E-state index in [0.29, 0.717) is 6.54 Å². The van der Waals surface area contributed by atoms with Crippen LogP contribution < -0.4 is 0 Å². The van der Waals surface area contributed by atoms with Gasteiger partial charge in [0.05, 0.1) is 17.9 Å². The summed E-state index contributed by atoms with van der Waals surface area (Å²) in [5.74, 6) is 0. The highest BCUT2D eigenvalue weighted by Crippen LogP contribution is 2.02. The van der Waals surface area contributed by atoms with Crippen molar-refractivity contribution in [2.45, 2.75) is 13.5 Å². The molecule has 1 heterocycles. The Kier molecular flexibility index (Phi) is 2.26. The van der Waals surface area contributed by atoms with Crippen molar-refractivity contribution in [2.24, 2.45) is 7.05 Å². The summed E-state index contributed by atoms with van der Waals surface area (Å²) in [6, 6.07) is 1.95. The minimum atomic E-state index is 0.511. The number of hydroxylamine groups is 2. The molecule has 0 aliphatic carbocycles. The van der Waals surface area contributed by atoms with Gasteiger partial charge in [0, 0.05) is 14.1 Å². The number of hydrogen-bond donors (Lipinski definition) is 1. The standard InChI is InChI=1S/C7H13N3O/c1-6-4-7(5-9(2)11)10(3)8-6/h4,11H,5H2,1-3H3. The van der Waals surface area contributed by atoms with Crippen molar-refractivity contribution in [3.63, 3.8) is 0 Å². The van der Waals surface area contributed by atoms with Gasteiger partial charge in [-0.05, 0) is 13.0 Å².